The Bertz CT molecular complexity index is 334. The highest BCUT2D eigenvalue weighted by Gasteiger charge is 2.13. The van der Waals surface area contributed by atoms with E-state index in [0.717, 1.165) is 12.1 Å². The lowest BCUT2D eigenvalue weighted by atomic mass is 10.0. The summed E-state index contributed by atoms with van der Waals surface area (Å²) in [5.74, 6) is -1.41. The van der Waals surface area contributed by atoms with Crippen LogP contribution < -0.4 is 0 Å². The van der Waals surface area contributed by atoms with E-state index in [2.05, 4.69) is 6.58 Å². The molecule has 0 aliphatic rings. The van der Waals surface area contributed by atoms with E-state index in [0.29, 0.717) is 5.57 Å². The number of rotatable bonds is 2. The highest BCUT2D eigenvalue weighted by Crippen LogP contribution is 2.22. The summed E-state index contributed by atoms with van der Waals surface area (Å²) in [7, 11) is 0. The lowest BCUT2D eigenvalue weighted by molar-refractivity contribution is 0.211. The first-order chi connectivity index (χ1) is 6.02. The molecule has 0 spiro atoms. The molecular formula is C10H10F2O. The predicted molar refractivity (Wildman–Crippen MR) is 46.1 cm³/mol. The van der Waals surface area contributed by atoms with Crippen molar-refractivity contribution in [2.24, 2.45) is 0 Å². The molecule has 1 aromatic carbocycles. The topological polar surface area (TPSA) is 20.2 Å². The van der Waals surface area contributed by atoms with Crippen LogP contribution in [-0.4, -0.2) is 5.11 Å². The maximum Gasteiger partial charge on any atom is 0.132 e. The zero-order chi connectivity index (χ0) is 10.0. The van der Waals surface area contributed by atoms with Crippen LogP contribution in [0.15, 0.2) is 30.4 Å². The van der Waals surface area contributed by atoms with Crippen LogP contribution in [0, 0.1) is 11.6 Å². The average Bonchev–Trinajstić information content (AvgIpc) is 2.03. The number of aliphatic hydroxyl groups is 1. The van der Waals surface area contributed by atoms with Gasteiger partial charge in [-0.2, -0.15) is 0 Å². The minimum Gasteiger partial charge on any atom is -0.384 e. The van der Waals surface area contributed by atoms with Gasteiger partial charge in [-0.25, -0.2) is 8.78 Å². The lowest BCUT2D eigenvalue weighted by Crippen LogP contribution is -2.01. The quantitative estimate of drug-likeness (QED) is 0.700. The van der Waals surface area contributed by atoms with Crippen molar-refractivity contribution < 1.29 is 13.9 Å². The van der Waals surface area contributed by atoms with Gasteiger partial charge in [-0.3, -0.25) is 0 Å². The van der Waals surface area contributed by atoms with Gasteiger partial charge in [0.05, 0.1) is 0 Å². The van der Waals surface area contributed by atoms with E-state index in [1.54, 1.807) is 6.92 Å². The number of hydrogen-bond acceptors (Lipinski definition) is 1. The molecule has 70 valence electrons. The Kier molecular flexibility index (Phi) is 2.78. The number of aliphatic hydroxyl groups excluding tert-OH is 1. The number of hydrogen-bond donors (Lipinski definition) is 1. The van der Waals surface area contributed by atoms with Gasteiger partial charge in [-0.05, 0) is 18.6 Å². The third-order valence-corrected chi connectivity index (χ3v) is 1.72. The summed E-state index contributed by atoms with van der Waals surface area (Å²) in [5, 5.41) is 9.41. The van der Waals surface area contributed by atoms with E-state index in [1.807, 2.05) is 0 Å². The third-order valence-electron chi connectivity index (χ3n) is 1.72. The van der Waals surface area contributed by atoms with E-state index in [4.69, 9.17) is 0 Å². The fourth-order valence-corrected chi connectivity index (χ4v) is 0.989. The van der Waals surface area contributed by atoms with Crippen molar-refractivity contribution in [2.45, 2.75) is 13.0 Å². The van der Waals surface area contributed by atoms with Crippen LogP contribution in [0.25, 0.3) is 0 Å². The summed E-state index contributed by atoms with van der Waals surface area (Å²) < 4.78 is 25.5. The molecule has 3 heteroatoms. The summed E-state index contributed by atoms with van der Waals surface area (Å²) in [6, 6.07) is 3.05. The molecule has 0 bridgehead atoms. The minimum absolute atomic E-state index is 0.0499. The zero-order valence-electron chi connectivity index (χ0n) is 7.22. The van der Waals surface area contributed by atoms with Crippen molar-refractivity contribution in [2.75, 3.05) is 0 Å². The predicted octanol–water partition coefficient (Wildman–Crippen LogP) is 2.57. The second-order valence-electron chi connectivity index (χ2n) is 2.91. The van der Waals surface area contributed by atoms with Gasteiger partial charge in [0.2, 0.25) is 0 Å². The van der Waals surface area contributed by atoms with Crippen molar-refractivity contribution in [3.8, 4) is 0 Å². The smallest absolute Gasteiger partial charge is 0.132 e. The van der Waals surface area contributed by atoms with Crippen LogP contribution in [0.5, 0.6) is 0 Å². The molecular weight excluding hydrogens is 174 g/mol. The molecule has 0 amide bonds. The molecule has 1 N–H and O–H groups in total. The first-order valence-corrected chi connectivity index (χ1v) is 3.81. The van der Waals surface area contributed by atoms with Crippen LogP contribution >= 0.6 is 0 Å². The minimum atomic E-state index is -1.07. The molecule has 1 nitrogen and oxygen atoms in total. The van der Waals surface area contributed by atoms with Crippen LogP contribution in [0.4, 0.5) is 8.78 Å². The summed E-state index contributed by atoms with van der Waals surface area (Å²) in [5.41, 5.74) is 0.472. The van der Waals surface area contributed by atoms with Crippen molar-refractivity contribution >= 4 is 0 Å². The Labute approximate surface area is 75.3 Å². The van der Waals surface area contributed by atoms with Gasteiger partial charge in [-0.1, -0.05) is 12.6 Å². The molecule has 1 unspecified atom stereocenters. The van der Waals surface area contributed by atoms with Gasteiger partial charge in [0.1, 0.15) is 17.7 Å². The summed E-state index contributed by atoms with van der Waals surface area (Å²) in [4.78, 5) is 0. The van der Waals surface area contributed by atoms with E-state index in [9.17, 15) is 13.9 Å². The van der Waals surface area contributed by atoms with E-state index in [-0.39, 0.29) is 5.56 Å². The Morgan fingerprint density at radius 1 is 1.46 bits per heavy atom. The maximum absolute atomic E-state index is 13.0. The van der Waals surface area contributed by atoms with Crippen LogP contribution in [0.1, 0.15) is 18.6 Å². The van der Waals surface area contributed by atoms with Crippen LogP contribution in [0.3, 0.4) is 0 Å². The third kappa shape index (κ3) is 2.12. The molecule has 0 fully saturated rings. The molecule has 1 rings (SSSR count). The molecule has 0 radical (unpaired) electrons. The average molecular weight is 184 g/mol. The monoisotopic (exact) mass is 184 g/mol. The Balaban J connectivity index is 3.08. The van der Waals surface area contributed by atoms with E-state index >= 15 is 0 Å². The molecule has 0 aromatic heterocycles. The largest absolute Gasteiger partial charge is 0.384 e. The van der Waals surface area contributed by atoms with Crippen LogP contribution in [-0.2, 0) is 0 Å². The molecule has 1 aromatic rings. The molecule has 0 aliphatic heterocycles. The molecule has 0 saturated carbocycles. The van der Waals surface area contributed by atoms with E-state index < -0.39 is 17.7 Å². The number of halogens is 2. The summed E-state index contributed by atoms with van der Waals surface area (Å²) >= 11 is 0. The van der Waals surface area contributed by atoms with Gasteiger partial charge in [0, 0.05) is 11.6 Å². The molecule has 0 aliphatic carbocycles. The van der Waals surface area contributed by atoms with Gasteiger partial charge in [0.25, 0.3) is 0 Å². The molecule has 13 heavy (non-hydrogen) atoms. The number of benzene rings is 1. The van der Waals surface area contributed by atoms with Crippen LogP contribution in [0.2, 0.25) is 0 Å². The van der Waals surface area contributed by atoms with Gasteiger partial charge in [-0.15, -0.1) is 0 Å². The van der Waals surface area contributed by atoms with Crippen molar-refractivity contribution in [3.63, 3.8) is 0 Å². The van der Waals surface area contributed by atoms with Gasteiger partial charge in [0.15, 0.2) is 0 Å². The van der Waals surface area contributed by atoms with Crippen molar-refractivity contribution in [1.82, 2.24) is 0 Å². The normalized spacial score (nSPS) is 12.6. The first-order valence-electron chi connectivity index (χ1n) is 3.81. The van der Waals surface area contributed by atoms with Gasteiger partial charge < -0.3 is 5.11 Å². The fraction of sp³-hybridized carbons (Fsp3) is 0.200. The highest BCUT2D eigenvalue weighted by molar-refractivity contribution is 5.26. The Morgan fingerprint density at radius 3 is 2.54 bits per heavy atom. The maximum atomic E-state index is 13.0. The van der Waals surface area contributed by atoms with E-state index in [1.165, 1.54) is 6.07 Å². The fourth-order valence-electron chi connectivity index (χ4n) is 0.989. The van der Waals surface area contributed by atoms with Crippen molar-refractivity contribution in [3.05, 3.63) is 47.5 Å². The summed E-state index contributed by atoms with van der Waals surface area (Å²) in [6.45, 7) is 5.06. The zero-order valence-corrected chi connectivity index (χ0v) is 7.22. The Morgan fingerprint density at radius 2 is 2.08 bits per heavy atom. The second-order valence-corrected chi connectivity index (χ2v) is 2.91. The highest BCUT2D eigenvalue weighted by atomic mass is 19.1. The summed E-state index contributed by atoms with van der Waals surface area (Å²) in [6.07, 6.45) is -1.07. The standard InChI is InChI=1S/C10H10F2O/c1-6(2)10(13)8-4-3-7(11)5-9(8)12/h3-5,10,13H,1H2,2H3. The molecule has 0 heterocycles. The SMILES string of the molecule is C=C(C)C(O)c1ccc(F)cc1F. The van der Waals surface area contributed by atoms with Gasteiger partial charge >= 0.3 is 0 Å². The second kappa shape index (κ2) is 3.66. The first kappa shape index (κ1) is 9.86. The molecule has 1 atom stereocenters. The van der Waals surface area contributed by atoms with Crippen molar-refractivity contribution in [1.29, 1.82) is 0 Å². The Hall–Kier alpha value is -1.22. The molecule has 0 saturated heterocycles. The lowest BCUT2D eigenvalue weighted by Gasteiger charge is -2.10.